The van der Waals surface area contributed by atoms with E-state index in [1.165, 1.54) is 5.56 Å². The Morgan fingerprint density at radius 2 is 2.47 bits per heavy atom. The van der Waals surface area contributed by atoms with Gasteiger partial charge in [-0.25, -0.2) is 9.97 Å². The molecule has 2 aromatic rings. The lowest BCUT2D eigenvalue weighted by atomic mass is 10.2. The van der Waals surface area contributed by atoms with Crippen LogP contribution >= 0.6 is 0 Å². The molecule has 1 atom stereocenters. The first kappa shape index (κ1) is 8.85. The number of rotatable bonds is 1. The molecule has 3 heterocycles. The Kier molecular flexibility index (Phi) is 1.95. The molecule has 0 amide bonds. The molecule has 0 bridgehead atoms. The van der Waals surface area contributed by atoms with Crippen LogP contribution in [0.25, 0.3) is 11.2 Å². The van der Waals surface area contributed by atoms with Crippen molar-refractivity contribution in [2.75, 3.05) is 6.61 Å². The van der Waals surface area contributed by atoms with Crippen molar-refractivity contribution >= 4 is 11.2 Å². The second-order valence-electron chi connectivity index (χ2n) is 3.95. The Hall–Kier alpha value is -1.42. The van der Waals surface area contributed by atoms with Gasteiger partial charge in [-0.2, -0.15) is 0 Å². The van der Waals surface area contributed by atoms with E-state index in [2.05, 4.69) is 21.9 Å². The molecule has 0 aromatic carbocycles. The maximum Gasteiger partial charge on any atom is 0.178 e. The van der Waals surface area contributed by atoms with Crippen LogP contribution in [-0.2, 0) is 4.74 Å². The van der Waals surface area contributed by atoms with E-state index in [0.717, 1.165) is 36.4 Å². The highest BCUT2D eigenvalue weighted by atomic mass is 16.5. The predicted octanol–water partition coefficient (Wildman–Crippen LogP) is 2.12. The van der Waals surface area contributed by atoms with E-state index in [0.29, 0.717) is 0 Å². The zero-order valence-corrected chi connectivity index (χ0v) is 8.66. The number of H-pyrrole nitrogens is 1. The summed E-state index contributed by atoms with van der Waals surface area (Å²) >= 11 is 0. The van der Waals surface area contributed by atoms with Crippen molar-refractivity contribution in [3.63, 3.8) is 0 Å². The lowest BCUT2D eigenvalue weighted by Crippen LogP contribution is -1.97. The molecule has 0 saturated carbocycles. The molecule has 1 fully saturated rings. The van der Waals surface area contributed by atoms with Crippen LogP contribution in [0.5, 0.6) is 0 Å². The smallest absolute Gasteiger partial charge is 0.178 e. The van der Waals surface area contributed by atoms with E-state index in [-0.39, 0.29) is 6.10 Å². The topological polar surface area (TPSA) is 50.8 Å². The molecule has 0 radical (unpaired) electrons. The number of aromatic nitrogens is 3. The van der Waals surface area contributed by atoms with Crippen molar-refractivity contribution in [1.29, 1.82) is 0 Å². The monoisotopic (exact) mass is 203 g/mol. The van der Waals surface area contributed by atoms with Crippen molar-refractivity contribution in [2.24, 2.45) is 0 Å². The van der Waals surface area contributed by atoms with Gasteiger partial charge in [-0.1, -0.05) is 0 Å². The largest absolute Gasteiger partial charge is 0.370 e. The first-order valence-electron chi connectivity index (χ1n) is 5.27. The summed E-state index contributed by atoms with van der Waals surface area (Å²) in [7, 11) is 0. The number of imidazole rings is 1. The third-order valence-electron chi connectivity index (χ3n) is 2.85. The van der Waals surface area contributed by atoms with E-state index in [4.69, 9.17) is 4.74 Å². The average Bonchev–Trinajstić information content (AvgIpc) is 2.86. The molecule has 15 heavy (non-hydrogen) atoms. The van der Waals surface area contributed by atoms with E-state index < -0.39 is 0 Å². The van der Waals surface area contributed by atoms with Crippen LogP contribution in [0.2, 0.25) is 0 Å². The number of fused-ring (bicyclic) bond motifs is 1. The number of hydrogen-bond acceptors (Lipinski definition) is 3. The summed E-state index contributed by atoms with van der Waals surface area (Å²) in [5.41, 5.74) is 3.00. The molecule has 1 unspecified atom stereocenters. The predicted molar refractivity (Wildman–Crippen MR) is 56.6 cm³/mol. The summed E-state index contributed by atoms with van der Waals surface area (Å²) in [6.45, 7) is 2.90. The molecule has 4 heteroatoms. The van der Waals surface area contributed by atoms with Gasteiger partial charge in [0.25, 0.3) is 0 Å². The number of pyridine rings is 1. The SMILES string of the molecule is Cc1ccnc2nc(C3CCCO3)[nH]c12. The van der Waals surface area contributed by atoms with Gasteiger partial charge in [0.2, 0.25) is 0 Å². The average molecular weight is 203 g/mol. The van der Waals surface area contributed by atoms with Crippen LogP contribution in [0.3, 0.4) is 0 Å². The number of ether oxygens (including phenoxy) is 1. The molecule has 1 aliphatic rings. The Bertz CT molecular complexity index is 486. The lowest BCUT2D eigenvalue weighted by molar-refractivity contribution is 0.106. The van der Waals surface area contributed by atoms with Crippen molar-refractivity contribution < 1.29 is 4.74 Å². The fourth-order valence-electron chi connectivity index (χ4n) is 2.00. The maximum absolute atomic E-state index is 5.59. The molecule has 1 saturated heterocycles. The van der Waals surface area contributed by atoms with Gasteiger partial charge in [-0.15, -0.1) is 0 Å². The van der Waals surface area contributed by atoms with Crippen LogP contribution < -0.4 is 0 Å². The minimum absolute atomic E-state index is 0.138. The van der Waals surface area contributed by atoms with Crippen LogP contribution in [0, 0.1) is 6.92 Å². The molecular weight excluding hydrogens is 190 g/mol. The number of nitrogens with zero attached hydrogens (tertiary/aromatic N) is 2. The summed E-state index contributed by atoms with van der Waals surface area (Å²) in [5.74, 6) is 0.921. The number of aromatic amines is 1. The maximum atomic E-state index is 5.59. The van der Waals surface area contributed by atoms with Gasteiger partial charge in [0.15, 0.2) is 5.65 Å². The van der Waals surface area contributed by atoms with E-state index in [1.807, 2.05) is 6.07 Å². The first-order valence-corrected chi connectivity index (χ1v) is 5.27. The number of aryl methyl sites for hydroxylation is 1. The van der Waals surface area contributed by atoms with Crippen molar-refractivity contribution in [2.45, 2.75) is 25.9 Å². The molecule has 1 N–H and O–H groups in total. The summed E-state index contributed by atoms with van der Waals surface area (Å²) < 4.78 is 5.59. The quantitative estimate of drug-likeness (QED) is 0.772. The minimum Gasteiger partial charge on any atom is -0.370 e. The van der Waals surface area contributed by atoms with Crippen molar-refractivity contribution in [3.05, 3.63) is 23.7 Å². The van der Waals surface area contributed by atoms with Crippen LogP contribution in [-0.4, -0.2) is 21.6 Å². The second-order valence-corrected chi connectivity index (χ2v) is 3.95. The standard InChI is InChI=1S/C11H13N3O/c1-7-4-5-12-11-9(7)13-10(14-11)8-3-2-6-15-8/h4-5,8H,2-3,6H2,1H3,(H,12,13,14). The number of hydrogen-bond donors (Lipinski definition) is 1. The Balaban J connectivity index is 2.09. The minimum atomic E-state index is 0.138. The van der Waals surface area contributed by atoms with Crippen molar-refractivity contribution in [3.8, 4) is 0 Å². The van der Waals surface area contributed by atoms with Crippen LogP contribution in [0.1, 0.15) is 30.3 Å². The summed E-state index contributed by atoms with van der Waals surface area (Å²) in [5, 5.41) is 0. The molecule has 2 aromatic heterocycles. The third-order valence-corrected chi connectivity index (χ3v) is 2.85. The highest BCUT2D eigenvalue weighted by Gasteiger charge is 2.21. The van der Waals surface area contributed by atoms with Gasteiger partial charge >= 0.3 is 0 Å². The number of nitrogens with one attached hydrogen (secondary N) is 1. The third kappa shape index (κ3) is 1.41. The summed E-state index contributed by atoms with van der Waals surface area (Å²) in [6, 6.07) is 1.99. The molecule has 78 valence electrons. The first-order chi connectivity index (χ1) is 7.34. The normalized spacial score (nSPS) is 21.3. The Labute approximate surface area is 87.7 Å². The molecule has 4 nitrogen and oxygen atoms in total. The fourth-order valence-corrected chi connectivity index (χ4v) is 2.00. The fraction of sp³-hybridized carbons (Fsp3) is 0.455. The van der Waals surface area contributed by atoms with Crippen LogP contribution in [0.15, 0.2) is 12.3 Å². The molecule has 0 spiro atoms. The molecule has 0 aliphatic carbocycles. The van der Waals surface area contributed by atoms with Crippen molar-refractivity contribution in [1.82, 2.24) is 15.0 Å². The summed E-state index contributed by atoms with van der Waals surface area (Å²) in [4.78, 5) is 12.0. The Morgan fingerprint density at radius 3 is 3.20 bits per heavy atom. The summed E-state index contributed by atoms with van der Waals surface area (Å²) in [6.07, 6.45) is 4.10. The second kappa shape index (κ2) is 3.31. The molecule has 1 aliphatic heterocycles. The van der Waals surface area contributed by atoms with Gasteiger partial charge < -0.3 is 9.72 Å². The zero-order valence-electron chi connectivity index (χ0n) is 8.66. The molecule has 3 rings (SSSR count). The van der Waals surface area contributed by atoms with E-state index in [1.54, 1.807) is 6.20 Å². The van der Waals surface area contributed by atoms with Crippen LogP contribution in [0.4, 0.5) is 0 Å². The highest BCUT2D eigenvalue weighted by molar-refractivity contribution is 5.74. The van der Waals surface area contributed by atoms with Gasteiger partial charge in [-0.3, -0.25) is 0 Å². The zero-order chi connectivity index (χ0) is 10.3. The lowest BCUT2D eigenvalue weighted by Gasteiger charge is -2.03. The molecular formula is C11H13N3O. The van der Waals surface area contributed by atoms with Gasteiger partial charge in [-0.05, 0) is 31.4 Å². The Morgan fingerprint density at radius 1 is 1.53 bits per heavy atom. The van der Waals surface area contributed by atoms with E-state index in [9.17, 15) is 0 Å². The van der Waals surface area contributed by atoms with E-state index >= 15 is 0 Å². The van der Waals surface area contributed by atoms with Gasteiger partial charge in [0, 0.05) is 12.8 Å². The highest BCUT2D eigenvalue weighted by Crippen LogP contribution is 2.27. The van der Waals surface area contributed by atoms with Gasteiger partial charge in [0.1, 0.15) is 11.9 Å². The van der Waals surface area contributed by atoms with Gasteiger partial charge in [0.05, 0.1) is 5.52 Å².